The highest BCUT2D eigenvalue weighted by atomic mass is 79.9. The number of alkyl halides is 1. The molecule has 3 nitrogen and oxygen atoms in total. The van der Waals surface area contributed by atoms with Crippen molar-refractivity contribution in [3.05, 3.63) is 0 Å². The van der Waals surface area contributed by atoms with Crippen LogP contribution in [-0.4, -0.2) is 41.8 Å². The number of rotatable bonds is 6. The standard InChI is InChI=1S/C10H21BrN2O/c1-8(2)13(4)7-5-6-12-10(14)9(3)11/h8-9H,5-7H2,1-4H3,(H,12,14). The topological polar surface area (TPSA) is 32.3 Å². The second-order valence-corrected chi connectivity index (χ2v) is 5.21. The molecule has 1 amide bonds. The van der Waals surface area contributed by atoms with Gasteiger partial charge in [-0.1, -0.05) is 15.9 Å². The van der Waals surface area contributed by atoms with Gasteiger partial charge in [-0.25, -0.2) is 0 Å². The van der Waals surface area contributed by atoms with Crippen LogP contribution in [0.15, 0.2) is 0 Å². The largest absolute Gasteiger partial charge is 0.355 e. The van der Waals surface area contributed by atoms with E-state index in [2.05, 4.69) is 47.0 Å². The summed E-state index contributed by atoms with van der Waals surface area (Å²) in [6.45, 7) is 7.94. The molecule has 0 spiro atoms. The van der Waals surface area contributed by atoms with Gasteiger partial charge in [-0.3, -0.25) is 4.79 Å². The predicted molar refractivity (Wildman–Crippen MR) is 63.8 cm³/mol. The first-order valence-corrected chi connectivity index (χ1v) is 5.98. The van der Waals surface area contributed by atoms with E-state index in [9.17, 15) is 4.79 Å². The SMILES string of the molecule is CC(Br)C(=O)NCCCN(C)C(C)C. The summed E-state index contributed by atoms with van der Waals surface area (Å²) in [5.41, 5.74) is 0. The van der Waals surface area contributed by atoms with Gasteiger partial charge in [0, 0.05) is 12.6 Å². The average Bonchev–Trinajstić information content (AvgIpc) is 2.11. The van der Waals surface area contributed by atoms with E-state index >= 15 is 0 Å². The molecule has 0 fully saturated rings. The van der Waals surface area contributed by atoms with Crippen LogP contribution in [0, 0.1) is 0 Å². The maximum absolute atomic E-state index is 11.1. The van der Waals surface area contributed by atoms with E-state index in [4.69, 9.17) is 0 Å². The van der Waals surface area contributed by atoms with Gasteiger partial charge in [0.05, 0.1) is 4.83 Å². The Morgan fingerprint density at radius 2 is 2.00 bits per heavy atom. The molecular weight excluding hydrogens is 244 g/mol. The summed E-state index contributed by atoms with van der Waals surface area (Å²) in [5, 5.41) is 2.86. The first-order valence-electron chi connectivity index (χ1n) is 5.07. The van der Waals surface area contributed by atoms with Gasteiger partial charge in [0.25, 0.3) is 0 Å². The normalized spacial score (nSPS) is 13.4. The maximum Gasteiger partial charge on any atom is 0.233 e. The smallest absolute Gasteiger partial charge is 0.233 e. The Bertz CT molecular complexity index is 172. The molecule has 0 aliphatic carbocycles. The second kappa shape index (κ2) is 7.23. The van der Waals surface area contributed by atoms with Crippen LogP contribution in [0.3, 0.4) is 0 Å². The van der Waals surface area contributed by atoms with Crippen molar-refractivity contribution in [2.24, 2.45) is 0 Å². The summed E-state index contributed by atoms with van der Waals surface area (Å²) in [7, 11) is 2.10. The number of carbonyl (C=O) groups excluding carboxylic acids is 1. The van der Waals surface area contributed by atoms with Crippen LogP contribution in [-0.2, 0) is 4.79 Å². The molecule has 0 aliphatic heterocycles. The Morgan fingerprint density at radius 3 is 2.43 bits per heavy atom. The van der Waals surface area contributed by atoms with Crippen molar-refractivity contribution in [3.8, 4) is 0 Å². The van der Waals surface area contributed by atoms with Crippen LogP contribution in [0.25, 0.3) is 0 Å². The molecule has 0 bridgehead atoms. The van der Waals surface area contributed by atoms with Crippen LogP contribution in [0.2, 0.25) is 0 Å². The van der Waals surface area contributed by atoms with E-state index in [1.54, 1.807) is 0 Å². The number of hydrogen-bond donors (Lipinski definition) is 1. The fourth-order valence-electron chi connectivity index (χ4n) is 0.939. The van der Waals surface area contributed by atoms with E-state index in [1.807, 2.05) is 6.92 Å². The molecule has 1 unspecified atom stereocenters. The molecule has 0 saturated heterocycles. The molecule has 0 saturated carbocycles. The highest BCUT2D eigenvalue weighted by molar-refractivity contribution is 9.10. The maximum atomic E-state index is 11.1. The van der Waals surface area contributed by atoms with Crippen LogP contribution < -0.4 is 5.32 Å². The molecule has 1 N–H and O–H groups in total. The van der Waals surface area contributed by atoms with Gasteiger partial charge in [-0.2, -0.15) is 0 Å². The van der Waals surface area contributed by atoms with Crippen molar-refractivity contribution in [1.82, 2.24) is 10.2 Å². The molecule has 0 radical (unpaired) electrons. The number of carbonyl (C=O) groups is 1. The van der Waals surface area contributed by atoms with E-state index in [1.165, 1.54) is 0 Å². The molecule has 0 aromatic carbocycles. The Labute approximate surface area is 95.4 Å². The van der Waals surface area contributed by atoms with Crippen molar-refractivity contribution in [1.29, 1.82) is 0 Å². The third-order valence-corrected chi connectivity index (χ3v) is 2.65. The third-order valence-electron chi connectivity index (χ3n) is 2.23. The fraction of sp³-hybridized carbons (Fsp3) is 0.900. The first kappa shape index (κ1) is 13.9. The summed E-state index contributed by atoms with van der Waals surface area (Å²) in [6.07, 6.45) is 1.00. The predicted octanol–water partition coefficient (Wildman–Crippen LogP) is 1.62. The lowest BCUT2D eigenvalue weighted by Gasteiger charge is -2.20. The molecule has 84 valence electrons. The van der Waals surface area contributed by atoms with Crippen LogP contribution >= 0.6 is 15.9 Å². The van der Waals surface area contributed by atoms with Crippen molar-refractivity contribution in [2.45, 2.75) is 38.1 Å². The molecule has 1 atom stereocenters. The first-order chi connectivity index (χ1) is 6.45. The highest BCUT2D eigenvalue weighted by Gasteiger charge is 2.07. The molecule has 4 heteroatoms. The van der Waals surface area contributed by atoms with Crippen molar-refractivity contribution in [3.63, 3.8) is 0 Å². The molecule has 0 aromatic heterocycles. The van der Waals surface area contributed by atoms with E-state index in [0.29, 0.717) is 6.04 Å². The molecule has 0 aliphatic rings. The third kappa shape index (κ3) is 6.38. The van der Waals surface area contributed by atoms with Crippen molar-refractivity contribution >= 4 is 21.8 Å². The number of amides is 1. The zero-order valence-corrected chi connectivity index (χ0v) is 11.1. The lowest BCUT2D eigenvalue weighted by atomic mass is 10.3. The Kier molecular flexibility index (Phi) is 7.19. The van der Waals surface area contributed by atoms with Crippen LogP contribution in [0.5, 0.6) is 0 Å². The van der Waals surface area contributed by atoms with Gasteiger partial charge >= 0.3 is 0 Å². The number of nitrogens with zero attached hydrogens (tertiary/aromatic N) is 1. The Morgan fingerprint density at radius 1 is 1.43 bits per heavy atom. The van der Waals surface area contributed by atoms with Crippen molar-refractivity contribution in [2.75, 3.05) is 20.1 Å². The van der Waals surface area contributed by atoms with Gasteiger partial charge in [0.2, 0.25) is 5.91 Å². The number of hydrogen-bond acceptors (Lipinski definition) is 2. The quantitative estimate of drug-likeness (QED) is 0.584. The summed E-state index contributed by atoms with van der Waals surface area (Å²) in [4.78, 5) is 13.3. The number of halogens is 1. The summed E-state index contributed by atoms with van der Waals surface area (Å²) in [6, 6.07) is 0.570. The fourth-order valence-corrected chi connectivity index (χ4v) is 1.10. The Balaban J connectivity index is 3.43. The Hall–Kier alpha value is -0.0900. The van der Waals surface area contributed by atoms with Crippen molar-refractivity contribution < 1.29 is 4.79 Å². The van der Waals surface area contributed by atoms with Gasteiger partial charge in [-0.15, -0.1) is 0 Å². The minimum Gasteiger partial charge on any atom is -0.355 e. The molecule has 0 rings (SSSR count). The van der Waals surface area contributed by atoms with E-state index in [0.717, 1.165) is 19.5 Å². The summed E-state index contributed by atoms with van der Waals surface area (Å²) < 4.78 is 0. The lowest BCUT2D eigenvalue weighted by molar-refractivity contribution is -0.120. The molecular formula is C10H21BrN2O. The van der Waals surface area contributed by atoms with Crippen LogP contribution in [0.1, 0.15) is 27.2 Å². The zero-order chi connectivity index (χ0) is 11.1. The monoisotopic (exact) mass is 264 g/mol. The van der Waals surface area contributed by atoms with Gasteiger partial charge in [0.15, 0.2) is 0 Å². The van der Waals surface area contributed by atoms with Gasteiger partial charge in [-0.05, 0) is 40.8 Å². The van der Waals surface area contributed by atoms with E-state index in [-0.39, 0.29) is 10.7 Å². The second-order valence-electron chi connectivity index (χ2n) is 3.83. The van der Waals surface area contributed by atoms with Crippen LogP contribution in [0.4, 0.5) is 0 Å². The van der Waals surface area contributed by atoms with E-state index < -0.39 is 0 Å². The molecule has 0 heterocycles. The van der Waals surface area contributed by atoms with Gasteiger partial charge in [0.1, 0.15) is 0 Å². The average molecular weight is 265 g/mol. The zero-order valence-electron chi connectivity index (χ0n) is 9.51. The van der Waals surface area contributed by atoms with Gasteiger partial charge < -0.3 is 10.2 Å². The minimum absolute atomic E-state index is 0.0669. The minimum atomic E-state index is -0.0923. The highest BCUT2D eigenvalue weighted by Crippen LogP contribution is 1.97. The molecule has 0 aromatic rings. The lowest BCUT2D eigenvalue weighted by Crippen LogP contribution is -2.33. The number of nitrogens with one attached hydrogen (secondary N) is 1. The molecule has 14 heavy (non-hydrogen) atoms. The summed E-state index contributed by atoms with van der Waals surface area (Å²) >= 11 is 3.22. The summed E-state index contributed by atoms with van der Waals surface area (Å²) in [5.74, 6) is 0.0669.